The highest BCUT2D eigenvalue weighted by Crippen LogP contribution is 2.29. The Morgan fingerprint density at radius 1 is 1.25 bits per heavy atom. The Bertz CT molecular complexity index is 1020. The minimum absolute atomic E-state index is 0.117. The summed E-state index contributed by atoms with van der Waals surface area (Å²) in [5.41, 5.74) is 6.68. The molecule has 12 heteroatoms. The topological polar surface area (TPSA) is 141 Å². The first kappa shape index (κ1) is 21.9. The number of nitrogens with two attached hydrogens (primary N) is 1. The Morgan fingerprint density at radius 3 is 2.50 bits per heavy atom. The number of hydrogen-bond acceptors (Lipinski definition) is 7. The van der Waals surface area contributed by atoms with Crippen LogP contribution in [0.5, 0.6) is 0 Å². The van der Waals surface area contributed by atoms with Crippen molar-refractivity contribution in [1.29, 1.82) is 0 Å². The highest BCUT2D eigenvalue weighted by molar-refractivity contribution is 7.85. The number of alkyl halides is 1. The van der Waals surface area contributed by atoms with E-state index in [1.807, 2.05) is 0 Å². The number of amides is 2. The number of carbonyl (C=O) groups is 2. The highest BCUT2D eigenvalue weighted by atomic mass is 35.5. The summed E-state index contributed by atoms with van der Waals surface area (Å²) in [5, 5.41) is 0.175. The number of primary amides is 1. The van der Waals surface area contributed by atoms with Crippen molar-refractivity contribution in [2.75, 3.05) is 5.88 Å². The molecule has 1 aromatic heterocycles. The number of rotatable bonds is 6. The van der Waals surface area contributed by atoms with Gasteiger partial charge in [-0.1, -0.05) is 23.7 Å². The molecule has 0 fully saturated rings. The fourth-order valence-electron chi connectivity index (χ4n) is 2.47. The number of carbonyl (C=O) groups excluding carboxylic acids is 2. The average Bonchev–Trinajstić information content (AvgIpc) is 2.56. The lowest BCUT2D eigenvalue weighted by Gasteiger charge is -2.13. The SMILES string of the molecule is Cc1cccc(C(=O)OS(=O)(=O)NC(N)=O)c1-c1nc(C)c(CCCl)c(Cl)n1. The Labute approximate surface area is 171 Å². The minimum atomic E-state index is -4.73. The van der Waals surface area contributed by atoms with Crippen LogP contribution in [0, 0.1) is 13.8 Å². The molecule has 2 rings (SSSR count). The number of halogens is 2. The fourth-order valence-corrected chi connectivity index (χ4v) is 3.55. The molecule has 3 N–H and O–H groups in total. The lowest BCUT2D eigenvalue weighted by Crippen LogP contribution is -2.37. The maximum atomic E-state index is 12.4. The maximum Gasteiger partial charge on any atom is 0.413 e. The van der Waals surface area contributed by atoms with Gasteiger partial charge in [0.2, 0.25) is 0 Å². The van der Waals surface area contributed by atoms with E-state index in [2.05, 4.69) is 14.2 Å². The summed E-state index contributed by atoms with van der Waals surface area (Å²) in [6.07, 6.45) is 0.464. The van der Waals surface area contributed by atoms with Crippen LogP contribution < -0.4 is 10.5 Å². The summed E-state index contributed by atoms with van der Waals surface area (Å²) < 4.78 is 29.1. The second-order valence-electron chi connectivity index (χ2n) is 5.63. The zero-order valence-electron chi connectivity index (χ0n) is 14.8. The number of urea groups is 1. The van der Waals surface area contributed by atoms with E-state index in [-0.39, 0.29) is 22.1 Å². The third kappa shape index (κ3) is 5.09. The normalized spacial score (nSPS) is 11.1. The van der Waals surface area contributed by atoms with Gasteiger partial charge in [0.25, 0.3) is 0 Å². The largest absolute Gasteiger partial charge is 0.413 e. The summed E-state index contributed by atoms with van der Waals surface area (Å²) in [6.45, 7) is 3.40. The summed E-state index contributed by atoms with van der Waals surface area (Å²) in [4.78, 5) is 31.8. The molecule has 2 aromatic rings. The number of nitrogens with one attached hydrogen (secondary N) is 1. The van der Waals surface area contributed by atoms with Crippen molar-refractivity contribution < 1.29 is 22.2 Å². The van der Waals surface area contributed by atoms with Gasteiger partial charge >= 0.3 is 22.3 Å². The predicted molar refractivity (Wildman–Crippen MR) is 103 cm³/mol. The Kier molecular flexibility index (Phi) is 6.81. The van der Waals surface area contributed by atoms with Crippen LogP contribution in [0.3, 0.4) is 0 Å². The Morgan fingerprint density at radius 2 is 1.93 bits per heavy atom. The molecule has 1 heterocycles. The molecule has 0 saturated carbocycles. The van der Waals surface area contributed by atoms with Crippen LogP contribution >= 0.6 is 23.2 Å². The van der Waals surface area contributed by atoms with Crippen molar-refractivity contribution in [3.05, 3.63) is 45.7 Å². The highest BCUT2D eigenvalue weighted by Gasteiger charge is 2.25. The van der Waals surface area contributed by atoms with Gasteiger partial charge in [-0.05, 0) is 31.9 Å². The van der Waals surface area contributed by atoms with E-state index in [1.165, 1.54) is 16.9 Å². The third-order valence-electron chi connectivity index (χ3n) is 3.64. The molecule has 1 aromatic carbocycles. The lowest BCUT2D eigenvalue weighted by molar-refractivity contribution is 0.0746. The monoisotopic (exact) mass is 446 g/mol. The zero-order chi connectivity index (χ0) is 21.1. The fraction of sp³-hybridized carbons (Fsp3) is 0.250. The number of nitrogens with zero attached hydrogens (tertiary/aromatic N) is 2. The van der Waals surface area contributed by atoms with Gasteiger partial charge in [-0.25, -0.2) is 24.3 Å². The van der Waals surface area contributed by atoms with E-state index < -0.39 is 22.3 Å². The summed E-state index contributed by atoms with van der Waals surface area (Å²) in [5.74, 6) is -0.795. The second kappa shape index (κ2) is 8.72. The number of aromatic nitrogens is 2. The van der Waals surface area contributed by atoms with Crippen LogP contribution in [-0.2, 0) is 20.9 Å². The maximum absolute atomic E-state index is 12.4. The van der Waals surface area contributed by atoms with Gasteiger partial charge in [-0.3, -0.25) is 0 Å². The van der Waals surface area contributed by atoms with Gasteiger partial charge in [-0.15, -0.1) is 11.6 Å². The van der Waals surface area contributed by atoms with Gasteiger partial charge in [0.1, 0.15) is 5.15 Å². The molecule has 9 nitrogen and oxygen atoms in total. The first-order chi connectivity index (χ1) is 13.1. The summed E-state index contributed by atoms with van der Waals surface area (Å²) in [7, 11) is -4.73. The van der Waals surface area contributed by atoms with Crippen LogP contribution in [0.4, 0.5) is 4.79 Å². The number of aryl methyl sites for hydroxylation is 2. The van der Waals surface area contributed by atoms with Crippen LogP contribution in [0.1, 0.15) is 27.2 Å². The summed E-state index contributed by atoms with van der Waals surface area (Å²) >= 11 is 12.0. The zero-order valence-corrected chi connectivity index (χ0v) is 17.2. The standard InChI is InChI=1S/C16H16Cl2N4O5S/c1-8-4-3-5-11(15(23)27-28(25,26)22-16(19)24)12(8)14-20-9(2)10(6-7-17)13(18)21-14/h3-5H,6-7H2,1-2H3,(H3,19,22,24). The molecule has 0 saturated heterocycles. The van der Waals surface area contributed by atoms with Crippen LogP contribution in [0.15, 0.2) is 18.2 Å². The van der Waals surface area contributed by atoms with Gasteiger partial charge < -0.3 is 9.92 Å². The Balaban J connectivity index is 2.54. The van der Waals surface area contributed by atoms with Crippen LogP contribution in [0.25, 0.3) is 11.4 Å². The molecule has 0 aliphatic heterocycles. The average molecular weight is 447 g/mol. The molecular formula is C16H16Cl2N4O5S. The van der Waals surface area contributed by atoms with E-state index in [9.17, 15) is 18.0 Å². The Hall–Kier alpha value is -2.43. The van der Waals surface area contributed by atoms with Crippen molar-refractivity contribution in [2.24, 2.45) is 5.73 Å². The molecule has 0 bridgehead atoms. The van der Waals surface area contributed by atoms with Gasteiger partial charge in [0, 0.05) is 22.7 Å². The minimum Gasteiger partial charge on any atom is -0.351 e. The lowest BCUT2D eigenvalue weighted by atomic mass is 10.0. The molecule has 0 aliphatic carbocycles. The molecule has 2 amide bonds. The number of benzene rings is 1. The first-order valence-electron chi connectivity index (χ1n) is 7.80. The van der Waals surface area contributed by atoms with Crippen molar-refractivity contribution in [1.82, 2.24) is 14.7 Å². The molecular weight excluding hydrogens is 431 g/mol. The van der Waals surface area contributed by atoms with Crippen LogP contribution in [0.2, 0.25) is 5.15 Å². The molecule has 150 valence electrons. The van der Waals surface area contributed by atoms with Crippen LogP contribution in [-0.4, -0.2) is 36.3 Å². The molecule has 0 atom stereocenters. The smallest absolute Gasteiger partial charge is 0.351 e. The molecule has 28 heavy (non-hydrogen) atoms. The van der Waals surface area contributed by atoms with Gasteiger partial charge in [-0.2, -0.15) is 8.42 Å². The van der Waals surface area contributed by atoms with Crippen molar-refractivity contribution in [2.45, 2.75) is 20.3 Å². The van der Waals surface area contributed by atoms with E-state index in [0.717, 1.165) is 0 Å². The molecule has 0 spiro atoms. The molecule has 0 radical (unpaired) electrons. The quantitative estimate of drug-likeness (QED) is 0.511. The van der Waals surface area contributed by atoms with Crippen molar-refractivity contribution in [3.63, 3.8) is 0 Å². The van der Waals surface area contributed by atoms with E-state index in [0.29, 0.717) is 29.1 Å². The molecule has 0 aliphatic rings. The van der Waals surface area contributed by atoms with E-state index >= 15 is 0 Å². The first-order valence-corrected chi connectivity index (χ1v) is 10.1. The van der Waals surface area contributed by atoms with Crippen molar-refractivity contribution >= 4 is 45.5 Å². The summed E-state index contributed by atoms with van der Waals surface area (Å²) in [6, 6.07) is 3.16. The van der Waals surface area contributed by atoms with E-state index in [1.54, 1.807) is 19.9 Å². The van der Waals surface area contributed by atoms with Gasteiger partial charge in [0.05, 0.1) is 5.56 Å². The molecule has 0 unspecified atom stereocenters. The third-order valence-corrected chi connectivity index (χ3v) is 4.96. The van der Waals surface area contributed by atoms with Crippen molar-refractivity contribution in [3.8, 4) is 11.4 Å². The second-order valence-corrected chi connectivity index (χ2v) is 7.64. The van der Waals surface area contributed by atoms with E-state index in [4.69, 9.17) is 28.9 Å². The predicted octanol–water partition coefficient (Wildman–Crippen LogP) is 2.27. The number of hydrogen-bond donors (Lipinski definition) is 2. The van der Waals surface area contributed by atoms with Gasteiger partial charge in [0.15, 0.2) is 5.82 Å².